The van der Waals surface area contributed by atoms with Gasteiger partial charge in [-0.3, -0.25) is 0 Å². The SMILES string of the molecule is Nc1c[nH]c(-c2[nH]cc(N)c2N)c1N. The summed E-state index contributed by atoms with van der Waals surface area (Å²) in [7, 11) is 0. The zero-order valence-corrected chi connectivity index (χ0v) is 7.46. The molecule has 0 spiro atoms. The Kier molecular flexibility index (Phi) is 1.57. The second kappa shape index (κ2) is 2.63. The molecule has 2 heterocycles. The Hall–Kier alpha value is -2.24. The molecule has 0 saturated heterocycles. The number of nitrogens with two attached hydrogens (primary N) is 4. The lowest BCUT2D eigenvalue weighted by atomic mass is 10.2. The molecular weight excluding hydrogens is 180 g/mol. The van der Waals surface area contributed by atoms with Crippen LogP contribution in [-0.4, -0.2) is 9.97 Å². The lowest BCUT2D eigenvalue weighted by Crippen LogP contribution is -1.95. The van der Waals surface area contributed by atoms with Crippen LogP contribution < -0.4 is 22.9 Å². The molecule has 10 N–H and O–H groups in total. The molecule has 0 fully saturated rings. The standard InChI is InChI=1S/C8H12N6/c9-3-1-13-7(5(3)11)8-6(12)4(10)2-14-8/h1-2,13-14H,9-12H2. The van der Waals surface area contributed by atoms with Gasteiger partial charge in [-0.25, -0.2) is 0 Å². The normalized spacial score (nSPS) is 10.6. The minimum absolute atomic E-state index is 0.471. The van der Waals surface area contributed by atoms with E-state index in [-0.39, 0.29) is 0 Å². The van der Waals surface area contributed by atoms with Crippen molar-refractivity contribution in [2.45, 2.75) is 0 Å². The second-order valence-corrected chi connectivity index (χ2v) is 3.07. The first-order valence-electron chi connectivity index (χ1n) is 4.06. The third-order valence-electron chi connectivity index (χ3n) is 2.15. The molecule has 0 aliphatic rings. The van der Waals surface area contributed by atoms with E-state index in [1.54, 1.807) is 12.4 Å². The van der Waals surface area contributed by atoms with Gasteiger partial charge in [-0.1, -0.05) is 0 Å². The van der Waals surface area contributed by atoms with Crippen LogP contribution in [0.3, 0.4) is 0 Å². The smallest absolute Gasteiger partial charge is 0.0897 e. The molecule has 2 aromatic rings. The number of aromatic nitrogens is 2. The Morgan fingerprint density at radius 1 is 0.714 bits per heavy atom. The maximum absolute atomic E-state index is 5.74. The lowest BCUT2D eigenvalue weighted by molar-refractivity contribution is 1.33. The van der Waals surface area contributed by atoms with E-state index >= 15 is 0 Å². The maximum Gasteiger partial charge on any atom is 0.0897 e. The number of hydrogen-bond acceptors (Lipinski definition) is 4. The quantitative estimate of drug-likeness (QED) is 0.388. The van der Waals surface area contributed by atoms with Crippen LogP contribution in [-0.2, 0) is 0 Å². The van der Waals surface area contributed by atoms with Crippen molar-refractivity contribution in [3.05, 3.63) is 12.4 Å². The van der Waals surface area contributed by atoms with Crippen LogP contribution in [0.25, 0.3) is 11.4 Å². The van der Waals surface area contributed by atoms with Gasteiger partial charge in [-0.05, 0) is 0 Å². The zero-order valence-electron chi connectivity index (χ0n) is 7.46. The summed E-state index contributed by atoms with van der Waals surface area (Å²) in [5.74, 6) is 0. The molecule has 74 valence electrons. The molecular formula is C8H12N6. The van der Waals surface area contributed by atoms with E-state index < -0.39 is 0 Å². The molecule has 0 amide bonds. The van der Waals surface area contributed by atoms with E-state index in [9.17, 15) is 0 Å². The van der Waals surface area contributed by atoms with Crippen LogP contribution in [0.4, 0.5) is 22.7 Å². The van der Waals surface area contributed by atoms with Gasteiger partial charge in [0.2, 0.25) is 0 Å². The molecule has 6 nitrogen and oxygen atoms in total. The average Bonchev–Trinajstić information content (AvgIpc) is 2.63. The summed E-state index contributed by atoms with van der Waals surface area (Å²) in [6.07, 6.45) is 3.22. The van der Waals surface area contributed by atoms with Crippen molar-refractivity contribution in [2.75, 3.05) is 22.9 Å². The van der Waals surface area contributed by atoms with E-state index in [4.69, 9.17) is 22.9 Å². The van der Waals surface area contributed by atoms with Crippen molar-refractivity contribution in [3.8, 4) is 11.4 Å². The summed E-state index contributed by atoms with van der Waals surface area (Å²) >= 11 is 0. The van der Waals surface area contributed by atoms with Crippen LogP contribution in [0.15, 0.2) is 12.4 Å². The summed E-state index contributed by atoms with van der Waals surface area (Å²) in [6.45, 7) is 0. The predicted molar refractivity (Wildman–Crippen MR) is 58.2 cm³/mol. The minimum atomic E-state index is 0.471. The summed E-state index contributed by atoms with van der Waals surface area (Å²) in [5, 5.41) is 0. The average molecular weight is 192 g/mol. The minimum Gasteiger partial charge on any atom is -0.396 e. The number of rotatable bonds is 1. The molecule has 14 heavy (non-hydrogen) atoms. The van der Waals surface area contributed by atoms with Crippen molar-refractivity contribution in [2.24, 2.45) is 0 Å². The van der Waals surface area contributed by atoms with E-state index in [0.717, 1.165) is 0 Å². The van der Waals surface area contributed by atoms with Gasteiger partial charge in [0, 0.05) is 12.4 Å². The van der Waals surface area contributed by atoms with Crippen LogP contribution in [0.2, 0.25) is 0 Å². The van der Waals surface area contributed by atoms with Crippen molar-refractivity contribution in [3.63, 3.8) is 0 Å². The number of nitrogen functional groups attached to an aromatic ring is 4. The Balaban J connectivity index is 2.60. The molecule has 2 aromatic heterocycles. The van der Waals surface area contributed by atoms with Crippen LogP contribution in [0.5, 0.6) is 0 Å². The fourth-order valence-electron chi connectivity index (χ4n) is 1.31. The molecule has 0 saturated carbocycles. The van der Waals surface area contributed by atoms with Gasteiger partial charge in [0.25, 0.3) is 0 Å². The largest absolute Gasteiger partial charge is 0.396 e. The highest BCUT2D eigenvalue weighted by molar-refractivity contribution is 5.89. The third-order valence-corrected chi connectivity index (χ3v) is 2.15. The molecule has 0 bridgehead atoms. The first kappa shape index (κ1) is 8.36. The summed E-state index contributed by atoms with van der Waals surface area (Å²) in [5.41, 5.74) is 25.9. The van der Waals surface area contributed by atoms with Crippen LogP contribution in [0, 0.1) is 0 Å². The van der Waals surface area contributed by atoms with Crippen molar-refractivity contribution in [1.29, 1.82) is 0 Å². The maximum atomic E-state index is 5.74. The molecule has 0 radical (unpaired) electrons. The monoisotopic (exact) mass is 192 g/mol. The lowest BCUT2D eigenvalue weighted by Gasteiger charge is -1.99. The Bertz CT molecular complexity index is 422. The molecule has 0 aromatic carbocycles. The summed E-state index contributed by atoms with van der Waals surface area (Å²) in [6, 6.07) is 0. The first-order chi connectivity index (χ1) is 6.61. The molecule has 0 aliphatic heterocycles. The van der Waals surface area contributed by atoms with E-state index in [1.165, 1.54) is 0 Å². The molecule has 0 atom stereocenters. The van der Waals surface area contributed by atoms with Crippen molar-refractivity contribution < 1.29 is 0 Å². The van der Waals surface area contributed by atoms with Crippen molar-refractivity contribution >= 4 is 22.7 Å². The second-order valence-electron chi connectivity index (χ2n) is 3.07. The van der Waals surface area contributed by atoms with Gasteiger partial charge in [0.1, 0.15) is 0 Å². The molecule has 0 aliphatic carbocycles. The Morgan fingerprint density at radius 3 is 1.29 bits per heavy atom. The van der Waals surface area contributed by atoms with E-state index in [1.807, 2.05) is 0 Å². The number of aromatic amines is 2. The van der Waals surface area contributed by atoms with Gasteiger partial charge in [0.05, 0.1) is 34.1 Å². The number of nitrogens with one attached hydrogen (secondary N) is 2. The number of hydrogen-bond donors (Lipinski definition) is 6. The van der Waals surface area contributed by atoms with Crippen LogP contribution >= 0.6 is 0 Å². The zero-order chi connectivity index (χ0) is 10.3. The number of anilines is 4. The molecule has 2 rings (SSSR count). The van der Waals surface area contributed by atoms with Gasteiger partial charge >= 0.3 is 0 Å². The first-order valence-corrected chi connectivity index (χ1v) is 4.06. The highest BCUT2D eigenvalue weighted by Crippen LogP contribution is 2.34. The summed E-state index contributed by atoms with van der Waals surface area (Å²) < 4.78 is 0. The van der Waals surface area contributed by atoms with E-state index in [0.29, 0.717) is 34.1 Å². The topological polar surface area (TPSA) is 136 Å². The van der Waals surface area contributed by atoms with Gasteiger partial charge in [-0.2, -0.15) is 0 Å². The highest BCUT2D eigenvalue weighted by atomic mass is 14.9. The van der Waals surface area contributed by atoms with Gasteiger partial charge in [0.15, 0.2) is 0 Å². The fourth-order valence-corrected chi connectivity index (χ4v) is 1.31. The Morgan fingerprint density at radius 2 is 1.07 bits per heavy atom. The van der Waals surface area contributed by atoms with Gasteiger partial charge < -0.3 is 32.9 Å². The van der Waals surface area contributed by atoms with Gasteiger partial charge in [-0.15, -0.1) is 0 Å². The molecule has 6 heteroatoms. The van der Waals surface area contributed by atoms with Crippen molar-refractivity contribution in [1.82, 2.24) is 9.97 Å². The third kappa shape index (κ3) is 0.972. The summed E-state index contributed by atoms with van der Waals surface area (Å²) in [4.78, 5) is 5.85. The fraction of sp³-hybridized carbons (Fsp3) is 0. The Labute approximate surface area is 80.3 Å². The predicted octanol–water partition coefficient (Wildman–Crippen LogP) is 0.339. The number of H-pyrrole nitrogens is 2. The molecule has 0 unspecified atom stereocenters. The van der Waals surface area contributed by atoms with Crippen LogP contribution in [0.1, 0.15) is 0 Å². The van der Waals surface area contributed by atoms with E-state index in [2.05, 4.69) is 9.97 Å². The highest BCUT2D eigenvalue weighted by Gasteiger charge is 2.13.